The molecule has 0 amide bonds. The van der Waals surface area contributed by atoms with Gasteiger partial charge in [0, 0.05) is 23.1 Å². The number of benzene rings is 1. The molecule has 1 atom stereocenters. The lowest BCUT2D eigenvalue weighted by atomic mass is 9.90. The van der Waals surface area contributed by atoms with Crippen molar-refractivity contribution in [2.75, 3.05) is 13.2 Å². The predicted molar refractivity (Wildman–Crippen MR) is 77.2 cm³/mol. The Balaban J connectivity index is 2.18. The summed E-state index contributed by atoms with van der Waals surface area (Å²) < 4.78 is 12.8. The minimum Gasteiger partial charge on any atom is -0.493 e. The third kappa shape index (κ3) is 2.36. The molecule has 3 nitrogen and oxygen atoms in total. The van der Waals surface area contributed by atoms with Crippen molar-refractivity contribution in [1.29, 1.82) is 0 Å². The maximum Gasteiger partial charge on any atom is 0.137 e. The molecule has 1 N–H and O–H groups in total. The van der Waals surface area contributed by atoms with Gasteiger partial charge in [-0.2, -0.15) is 0 Å². The average molecular weight is 327 g/mol. The number of hydrogen-bond acceptors (Lipinski definition) is 3. The van der Waals surface area contributed by atoms with Gasteiger partial charge in [-0.05, 0) is 48.5 Å². The predicted octanol–water partition coefficient (Wildman–Crippen LogP) is 3.02. The van der Waals surface area contributed by atoms with Gasteiger partial charge in [-0.15, -0.1) is 0 Å². The molecular weight excluding hydrogens is 308 g/mol. The second-order valence-electron chi connectivity index (χ2n) is 5.37. The normalized spacial score (nSPS) is 18.9. The lowest BCUT2D eigenvalue weighted by Gasteiger charge is -2.29. The van der Waals surface area contributed by atoms with Crippen LogP contribution < -0.4 is 9.47 Å². The summed E-state index contributed by atoms with van der Waals surface area (Å²) in [6.07, 6.45) is 4.37. The Bertz CT molecular complexity index is 460. The first-order valence-electron chi connectivity index (χ1n) is 6.98. The highest BCUT2D eigenvalue weighted by atomic mass is 79.9. The highest BCUT2D eigenvalue weighted by molar-refractivity contribution is 9.10. The van der Waals surface area contributed by atoms with Gasteiger partial charge < -0.3 is 14.6 Å². The van der Waals surface area contributed by atoms with E-state index < -0.39 is 0 Å². The fraction of sp³-hybridized carbons (Fsp3) is 0.600. The van der Waals surface area contributed by atoms with Crippen LogP contribution in [0.3, 0.4) is 0 Å². The van der Waals surface area contributed by atoms with Gasteiger partial charge >= 0.3 is 0 Å². The summed E-state index contributed by atoms with van der Waals surface area (Å²) in [6, 6.07) is 0. The Morgan fingerprint density at radius 2 is 1.74 bits per heavy atom. The van der Waals surface area contributed by atoms with Crippen LogP contribution in [0, 0.1) is 0 Å². The molecule has 104 valence electrons. The van der Waals surface area contributed by atoms with E-state index in [0.717, 1.165) is 60.4 Å². The lowest BCUT2D eigenvalue weighted by molar-refractivity contribution is 0.191. The van der Waals surface area contributed by atoms with E-state index in [9.17, 15) is 5.11 Å². The SMILES string of the molecule is CC(O)Cc1c2c(c(Br)c3c1OCCC3)OCCC2. The molecule has 2 aliphatic heterocycles. The molecule has 0 aliphatic carbocycles. The summed E-state index contributed by atoms with van der Waals surface area (Å²) in [6.45, 7) is 3.37. The summed E-state index contributed by atoms with van der Waals surface area (Å²) in [5.74, 6) is 1.97. The zero-order chi connectivity index (χ0) is 13.4. The van der Waals surface area contributed by atoms with Crippen LogP contribution in [0.4, 0.5) is 0 Å². The van der Waals surface area contributed by atoms with Crippen LogP contribution in [-0.4, -0.2) is 24.4 Å². The molecule has 1 aromatic rings. The van der Waals surface area contributed by atoms with Crippen molar-refractivity contribution in [2.45, 2.75) is 45.1 Å². The van der Waals surface area contributed by atoms with E-state index >= 15 is 0 Å². The minimum absolute atomic E-state index is 0.359. The number of fused-ring (bicyclic) bond motifs is 2. The molecule has 3 rings (SSSR count). The zero-order valence-electron chi connectivity index (χ0n) is 11.2. The molecule has 1 aromatic carbocycles. The maximum atomic E-state index is 9.77. The quantitative estimate of drug-likeness (QED) is 0.907. The average Bonchev–Trinajstić information content (AvgIpc) is 2.43. The fourth-order valence-corrected chi connectivity index (χ4v) is 3.73. The molecule has 4 heteroatoms. The van der Waals surface area contributed by atoms with Crippen molar-refractivity contribution >= 4 is 15.9 Å². The summed E-state index contributed by atoms with van der Waals surface area (Å²) >= 11 is 3.69. The van der Waals surface area contributed by atoms with Gasteiger partial charge in [0.05, 0.1) is 23.8 Å². The van der Waals surface area contributed by atoms with E-state index in [-0.39, 0.29) is 6.10 Å². The molecular formula is C15H19BrO3. The Hall–Kier alpha value is -0.740. The monoisotopic (exact) mass is 326 g/mol. The van der Waals surface area contributed by atoms with Crippen LogP contribution in [0.2, 0.25) is 0 Å². The summed E-state index contributed by atoms with van der Waals surface area (Å²) in [7, 11) is 0. The smallest absolute Gasteiger partial charge is 0.137 e. The van der Waals surface area contributed by atoms with Crippen LogP contribution in [0.1, 0.15) is 36.5 Å². The standard InChI is InChI=1S/C15H19BrO3/c1-9(17)8-12-10-4-2-7-19-15(10)13(16)11-5-3-6-18-14(11)12/h9,17H,2-8H2,1H3. The van der Waals surface area contributed by atoms with Crippen molar-refractivity contribution in [3.8, 4) is 11.5 Å². The van der Waals surface area contributed by atoms with E-state index in [1.807, 2.05) is 6.92 Å². The van der Waals surface area contributed by atoms with E-state index in [2.05, 4.69) is 15.9 Å². The third-order valence-corrected chi connectivity index (χ3v) is 4.62. The van der Waals surface area contributed by atoms with Crippen molar-refractivity contribution < 1.29 is 14.6 Å². The van der Waals surface area contributed by atoms with Crippen molar-refractivity contribution in [1.82, 2.24) is 0 Å². The number of hydrogen-bond donors (Lipinski definition) is 1. The largest absolute Gasteiger partial charge is 0.493 e. The molecule has 2 heterocycles. The van der Waals surface area contributed by atoms with Crippen molar-refractivity contribution in [2.24, 2.45) is 0 Å². The lowest BCUT2D eigenvalue weighted by Crippen LogP contribution is -2.20. The Kier molecular flexibility index (Phi) is 3.72. The maximum absolute atomic E-state index is 9.77. The molecule has 0 saturated carbocycles. The number of halogens is 1. The Morgan fingerprint density at radius 1 is 1.11 bits per heavy atom. The van der Waals surface area contributed by atoms with Crippen molar-refractivity contribution in [3.63, 3.8) is 0 Å². The molecule has 1 unspecified atom stereocenters. The third-order valence-electron chi connectivity index (χ3n) is 3.79. The van der Waals surface area contributed by atoms with Gasteiger partial charge in [-0.1, -0.05) is 0 Å². The van der Waals surface area contributed by atoms with Gasteiger partial charge in [0.2, 0.25) is 0 Å². The summed E-state index contributed by atoms with van der Waals surface area (Å²) in [5.41, 5.74) is 3.59. The Morgan fingerprint density at radius 3 is 2.42 bits per heavy atom. The summed E-state index contributed by atoms with van der Waals surface area (Å²) in [5, 5.41) is 9.77. The van der Waals surface area contributed by atoms with Crippen LogP contribution >= 0.6 is 15.9 Å². The second kappa shape index (κ2) is 5.33. The number of ether oxygens (including phenoxy) is 2. The van der Waals surface area contributed by atoms with Gasteiger partial charge in [-0.25, -0.2) is 0 Å². The van der Waals surface area contributed by atoms with Crippen molar-refractivity contribution in [3.05, 3.63) is 21.2 Å². The van der Waals surface area contributed by atoms with Gasteiger partial charge in [0.15, 0.2) is 0 Å². The number of rotatable bonds is 2. The zero-order valence-corrected chi connectivity index (χ0v) is 12.8. The van der Waals surface area contributed by atoms with E-state index in [1.54, 1.807) is 0 Å². The van der Waals surface area contributed by atoms with Gasteiger partial charge in [0.1, 0.15) is 11.5 Å². The van der Waals surface area contributed by atoms with Gasteiger partial charge in [0.25, 0.3) is 0 Å². The first-order valence-corrected chi connectivity index (χ1v) is 7.77. The molecule has 0 fully saturated rings. The molecule has 0 saturated heterocycles. The van der Waals surface area contributed by atoms with Crippen LogP contribution in [-0.2, 0) is 19.3 Å². The topological polar surface area (TPSA) is 38.7 Å². The number of aliphatic hydroxyl groups excluding tert-OH is 1. The van der Waals surface area contributed by atoms with Crippen LogP contribution in [0.5, 0.6) is 11.5 Å². The van der Waals surface area contributed by atoms with Crippen LogP contribution in [0.25, 0.3) is 0 Å². The van der Waals surface area contributed by atoms with Gasteiger partial charge in [-0.3, -0.25) is 0 Å². The van der Waals surface area contributed by atoms with E-state index in [1.165, 1.54) is 11.1 Å². The molecule has 0 bridgehead atoms. The molecule has 0 aromatic heterocycles. The second-order valence-corrected chi connectivity index (χ2v) is 6.16. The first-order chi connectivity index (χ1) is 9.18. The van der Waals surface area contributed by atoms with E-state index in [0.29, 0.717) is 6.42 Å². The highest BCUT2D eigenvalue weighted by Gasteiger charge is 2.28. The molecule has 0 spiro atoms. The Labute approximate surface area is 122 Å². The van der Waals surface area contributed by atoms with E-state index in [4.69, 9.17) is 9.47 Å². The first kappa shape index (κ1) is 13.3. The molecule has 0 radical (unpaired) electrons. The minimum atomic E-state index is -0.359. The number of aliphatic hydroxyl groups is 1. The van der Waals surface area contributed by atoms with Crippen LogP contribution in [0.15, 0.2) is 4.47 Å². The summed E-state index contributed by atoms with van der Waals surface area (Å²) in [4.78, 5) is 0. The molecule has 19 heavy (non-hydrogen) atoms. The fourth-order valence-electron chi connectivity index (χ4n) is 3.00. The highest BCUT2D eigenvalue weighted by Crippen LogP contribution is 2.46. The molecule has 2 aliphatic rings.